The first-order valence-corrected chi connectivity index (χ1v) is 5.44. The summed E-state index contributed by atoms with van der Waals surface area (Å²) in [6, 6.07) is 8.09. The average molecular weight is 227 g/mol. The third-order valence-corrected chi connectivity index (χ3v) is 2.99. The van der Waals surface area contributed by atoms with Gasteiger partial charge >= 0.3 is 0 Å². The molecule has 0 N–H and O–H groups in total. The van der Waals surface area contributed by atoms with Crippen LogP contribution in [0.2, 0.25) is 0 Å². The molecule has 82 valence electrons. The van der Waals surface area contributed by atoms with Crippen molar-refractivity contribution in [1.82, 2.24) is 4.42 Å². The molecular formula is C11H15ClN2O. The molecule has 1 aliphatic rings. The van der Waals surface area contributed by atoms with Crippen LogP contribution in [-0.2, 0) is 0 Å². The molecule has 0 bridgehead atoms. The number of nitrogens with zero attached hydrogens (tertiary/aromatic N) is 2. The lowest BCUT2D eigenvalue weighted by atomic mass is 10.2. The van der Waals surface area contributed by atoms with Gasteiger partial charge in [-0.25, -0.2) is 4.42 Å². The van der Waals surface area contributed by atoms with E-state index in [2.05, 4.69) is 11.0 Å². The zero-order valence-corrected chi connectivity index (χ0v) is 9.57. The lowest BCUT2D eigenvalue weighted by Crippen LogP contribution is -2.42. The molecule has 1 heterocycles. The normalized spacial score (nSPS) is 17.9. The van der Waals surface area contributed by atoms with Gasteiger partial charge in [0.1, 0.15) is 5.75 Å². The molecule has 0 amide bonds. The van der Waals surface area contributed by atoms with Crippen LogP contribution in [0.3, 0.4) is 0 Å². The van der Waals surface area contributed by atoms with Crippen LogP contribution in [0.5, 0.6) is 5.75 Å². The molecule has 15 heavy (non-hydrogen) atoms. The number of anilines is 1. The third-order valence-electron chi connectivity index (χ3n) is 2.65. The Morgan fingerprint density at radius 2 is 1.80 bits per heavy atom. The number of rotatable bonds is 2. The highest BCUT2D eigenvalue weighted by atomic mass is 35.5. The molecule has 1 aliphatic heterocycles. The van der Waals surface area contributed by atoms with Crippen molar-refractivity contribution in [3.63, 3.8) is 0 Å². The van der Waals surface area contributed by atoms with E-state index in [0.29, 0.717) is 0 Å². The second kappa shape index (κ2) is 4.73. The van der Waals surface area contributed by atoms with E-state index in [4.69, 9.17) is 16.5 Å². The quantitative estimate of drug-likeness (QED) is 0.718. The first kappa shape index (κ1) is 10.6. The van der Waals surface area contributed by atoms with Crippen LogP contribution in [0.4, 0.5) is 5.69 Å². The van der Waals surface area contributed by atoms with E-state index in [1.54, 1.807) is 7.11 Å². The lowest BCUT2D eigenvalue weighted by molar-refractivity contribution is 0.397. The Balaban J connectivity index is 2.15. The molecule has 3 nitrogen and oxygen atoms in total. The maximum atomic E-state index is 5.92. The van der Waals surface area contributed by atoms with Crippen molar-refractivity contribution in [2.45, 2.75) is 0 Å². The number of benzene rings is 1. The number of piperazine rings is 1. The zero-order valence-electron chi connectivity index (χ0n) is 8.82. The Morgan fingerprint density at radius 3 is 2.47 bits per heavy atom. The van der Waals surface area contributed by atoms with Crippen LogP contribution in [0.25, 0.3) is 0 Å². The van der Waals surface area contributed by atoms with Gasteiger partial charge in [-0.1, -0.05) is 12.1 Å². The highest BCUT2D eigenvalue weighted by molar-refractivity contribution is 6.13. The van der Waals surface area contributed by atoms with Crippen molar-refractivity contribution < 1.29 is 4.74 Å². The minimum Gasteiger partial charge on any atom is -0.495 e. The summed E-state index contributed by atoms with van der Waals surface area (Å²) in [5, 5.41) is 0. The number of methoxy groups -OCH3 is 1. The Bertz CT molecular complexity index is 324. The van der Waals surface area contributed by atoms with Crippen LogP contribution in [-0.4, -0.2) is 37.7 Å². The van der Waals surface area contributed by atoms with Gasteiger partial charge in [0, 0.05) is 26.2 Å². The van der Waals surface area contributed by atoms with Gasteiger partial charge in [0.2, 0.25) is 0 Å². The highest BCUT2D eigenvalue weighted by Gasteiger charge is 2.17. The van der Waals surface area contributed by atoms with Gasteiger partial charge in [-0.15, -0.1) is 0 Å². The fourth-order valence-corrected chi connectivity index (χ4v) is 1.97. The molecule has 2 rings (SSSR count). The van der Waals surface area contributed by atoms with Crippen molar-refractivity contribution in [2.24, 2.45) is 0 Å². The van der Waals surface area contributed by atoms with Crippen molar-refractivity contribution in [3.05, 3.63) is 24.3 Å². The fourth-order valence-electron chi connectivity index (χ4n) is 1.81. The van der Waals surface area contributed by atoms with E-state index >= 15 is 0 Å². The van der Waals surface area contributed by atoms with E-state index in [1.165, 1.54) is 0 Å². The van der Waals surface area contributed by atoms with Crippen LogP contribution in [0.15, 0.2) is 24.3 Å². The number of hydrogen-bond donors (Lipinski definition) is 0. The second-order valence-corrected chi connectivity index (χ2v) is 4.05. The predicted octanol–water partition coefficient (Wildman–Crippen LogP) is 1.97. The van der Waals surface area contributed by atoms with Crippen LogP contribution < -0.4 is 9.64 Å². The summed E-state index contributed by atoms with van der Waals surface area (Å²) in [5.41, 5.74) is 1.16. The van der Waals surface area contributed by atoms with Crippen molar-refractivity contribution in [1.29, 1.82) is 0 Å². The van der Waals surface area contributed by atoms with Gasteiger partial charge in [0.25, 0.3) is 0 Å². The molecular weight excluding hydrogens is 212 g/mol. The van der Waals surface area contributed by atoms with Gasteiger partial charge in [-0.3, -0.25) is 0 Å². The Morgan fingerprint density at radius 1 is 1.13 bits per heavy atom. The molecule has 0 atom stereocenters. The first-order chi connectivity index (χ1) is 7.31. The maximum Gasteiger partial charge on any atom is 0.142 e. The number of halogens is 1. The molecule has 0 radical (unpaired) electrons. The summed E-state index contributed by atoms with van der Waals surface area (Å²) in [6.45, 7) is 3.67. The number of para-hydroxylation sites is 2. The molecule has 0 aliphatic carbocycles. The van der Waals surface area contributed by atoms with Gasteiger partial charge < -0.3 is 9.64 Å². The molecule has 1 aromatic carbocycles. The molecule has 0 saturated carbocycles. The summed E-state index contributed by atoms with van der Waals surface area (Å²) >= 11 is 5.92. The SMILES string of the molecule is COc1ccccc1N1CCN(Cl)CC1. The first-order valence-electron chi connectivity index (χ1n) is 5.10. The molecule has 0 unspecified atom stereocenters. The van der Waals surface area contributed by atoms with Gasteiger partial charge in [0.05, 0.1) is 12.8 Å². The van der Waals surface area contributed by atoms with Gasteiger partial charge in [0.15, 0.2) is 0 Å². The second-order valence-electron chi connectivity index (χ2n) is 3.57. The fraction of sp³-hybridized carbons (Fsp3) is 0.455. The Labute approximate surface area is 95.3 Å². The standard InChI is InChI=1S/C11H15ClN2O/c1-15-11-5-3-2-4-10(11)13-6-8-14(12)9-7-13/h2-5H,6-9H2,1H3. The molecule has 4 heteroatoms. The third kappa shape index (κ3) is 2.36. The average Bonchev–Trinajstić information content (AvgIpc) is 2.30. The summed E-state index contributed by atoms with van der Waals surface area (Å²) in [7, 11) is 1.70. The van der Waals surface area contributed by atoms with E-state index < -0.39 is 0 Å². The van der Waals surface area contributed by atoms with Crippen molar-refractivity contribution >= 4 is 17.5 Å². The van der Waals surface area contributed by atoms with Crippen LogP contribution in [0.1, 0.15) is 0 Å². The summed E-state index contributed by atoms with van der Waals surface area (Å²) in [6.07, 6.45) is 0. The van der Waals surface area contributed by atoms with Crippen molar-refractivity contribution in [2.75, 3.05) is 38.2 Å². The molecule has 0 spiro atoms. The minimum absolute atomic E-state index is 0.888. The van der Waals surface area contributed by atoms with E-state index in [0.717, 1.165) is 37.6 Å². The summed E-state index contributed by atoms with van der Waals surface area (Å²) < 4.78 is 7.16. The zero-order chi connectivity index (χ0) is 10.7. The highest BCUT2D eigenvalue weighted by Crippen LogP contribution is 2.28. The molecule has 1 aromatic rings. The smallest absolute Gasteiger partial charge is 0.142 e. The van der Waals surface area contributed by atoms with Crippen LogP contribution in [0, 0.1) is 0 Å². The maximum absolute atomic E-state index is 5.92. The summed E-state index contributed by atoms with van der Waals surface area (Å²) in [5.74, 6) is 0.931. The molecule has 0 aromatic heterocycles. The molecule has 1 saturated heterocycles. The minimum atomic E-state index is 0.888. The monoisotopic (exact) mass is 226 g/mol. The van der Waals surface area contributed by atoms with E-state index in [1.807, 2.05) is 22.6 Å². The van der Waals surface area contributed by atoms with Crippen LogP contribution >= 0.6 is 11.8 Å². The largest absolute Gasteiger partial charge is 0.495 e. The van der Waals surface area contributed by atoms with E-state index in [-0.39, 0.29) is 0 Å². The number of hydrogen-bond acceptors (Lipinski definition) is 3. The lowest BCUT2D eigenvalue weighted by Gasteiger charge is -2.33. The number of ether oxygens (including phenoxy) is 1. The Kier molecular flexibility index (Phi) is 3.34. The Hall–Kier alpha value is -0.930. The van der Waals surface area contributed by atoms with Gasteiger partial charge in [-0.05, 0) is 23.9 Å². The molecule has 1 fully saturated rings. The van der Waals surface area contributed by atoms with Crippen molar-refractivity contribution in [3.8, 4) is 5.75 Å². The topological polar surface area (TPSA) is 15.7 Å². The summed E-state index contributed by atoms with van der Waals surface area (Å²) in [4.78, 5) is 2.30. The van der Waals surface area contributed by atoms with E-state index in [9.17, 15) is 0 Å². The predicted molar refractivity (Wildman–Crippen MR) is 62.6 cm³/mol. The van der Waals surface area contributed by atoms with Gasteiger partial charge in [-0.2, -0.15) is 0 Å².